The number of hydrogen-bond donors (Lipinski definition) is 0. The summed E-state index contributed by atoms with van der Waals surface area (Å²) in [4.78, 5) is 14.8. The van der Waals surface area contributed by atoms with Gasteiger partial charge in [0.25, 0.3) is 0 Å². The Hall–Kier alpha value is -7.75. The molecule has 0 saturated heterocycles. The molecule has 3 heteroatoms. The van der Waals surface area contributed by atoms with Gasteiger partial charge in [0.05, 0.1) is 11.4 Å². The fraction of sp³-hybridized carbons (Fsp3) is 0. The molecule has 0 aliphatic carbocycles. The van der Waals surface area contributed by atoms with Gasteiger partial charge in [-0.05, 0) is 101 Å². The molecule has 0 fully saturated rings. The molecular weight excluding hydrogens is 703 g/mol. The Bertz CT molecular complexity index is 3260. The molecule has 11 rings (SSSR count). The van der Waals surface area contributed by atoms with Crippen molar-refractivity contribution in [1.29, 1.82) is 0 Å². The van der Waals surface area contributed by atoms with E-state index >= 15 is 0 Å². The van der Waals surface area contributed by atoms with Crippen molar-refractivity contribution in [3.8, 4) is 67.3 Å². The summed E-state index contributed by atoms with van der Waals surface area (Å²) in [7, 11) is 0. The van der Waals surface area contributed by atoms with Gasteiger partial charge in [0, 0.05) is 29.1 Å². The Labute approximate surface area is 336 Å². The summed E-state index contributed by atoms with van der Waals surface area (Å²) in [6, 6.07) is 71.5. The smallest absolute Gasteiger partial charge is 0.160 e. The molecule has 2 aromatic heterocycles. The van der Waals surface area contributed by atoms with E-state index in [0.717, 1.165) is 44.8 Å². The number of benzene rings is 9. The van der Waals surface area contributed by atoms with Crippen molar-refractivity contribution in [2.45, 2.75) is 0 Å². The maximum atomic E-state index is 5.25. The number of nitrogens with zero attached hydrogens (tertiary/aromatic N) is 3. The van der Waals surface area contributed by atoms with Crippen LogP contribution in [0, 0.1) is 0 Å². The maximum absolute atomic E-state index is 5.25. The highest BCUT2D eigenvalue weighted by Gasteiger charge is 2.20. The number of fused-ring (bicyclic) bond motifs is 5. The van der Waals surface area contributed by atoms with Crippen LogP contribution in [0.25, 0.3) is 110 Å². The molecule has 0 spiro atoms. The number of pyridine rings is 1. The minimum atomic E-state index is 0.683. The molecule has 0 amide bonds. The van der Waals surface area contributed by atoms with Crippen molar-refractivity contribution in [2.75, 3.05) is 0 Å². The van der Waals surface area contributed by atoms with Crippen LogP contribution >= 0.6 is 0 Å². The lowest BCUT2D eigenvalue weighted by molar-refractivity contribution is 1.18. The average molecular weight is 738 g/mol. The summed E-state index contributed by atoms with van der Waals surface area (Å²) in [6.07, 6.45) is 3.69. The van der Waals surface area contributed by atoms with Gasteiger partial charge in [0.1, 0.15) is 0 Å². The molecule has 270 valence electrons. The molecule has 9 aromatic carbocycles. The second-order valence-electron chi connectivity index (χ2n) is 14.8. The van der Waals surface area contributed by atoms with Crippen LogP contribution in [0.3, 0.4) is 0 Å². The molecule has 0 unspecified atom stereocenters. The van der Waals surface area contributed by atoms with E-state index in [-0.39, 0.29) is 0 Å². The molecule has 3 nitrogen and oxygen atoms in total. The maximum Gasteiger partial charge on any atom is 0.160 e. The number of hydrogen-bond acceptors (Lipinski definition) is 3. The highest BCUT2D eigenvalue weighted by atomic mass is 14.9. The molecule has 11 aromatic rings. The zero-order valence-electron chi connectivity index (χ0n) is 31.5. The van der Waals surface area contributed by atoms with Gasteiger partial charge in [-0.1, -0.05) is 176 Å². The molecule has 0 N–H and O–H groups in total. The van der Waals surface area contributed by atoms with E-state index in [1.54, 1.807) is 6.20 Å². The first-order valence-electron chi connectivity index (χ1n) is 19.7. The first kappa shape index (κ1) is 33.6. The minimum absolute atomic E-state index is 0.683. The molecule has 0 aliphatic heterocycles. The van der Waals surface area contributed by atoms with Crippen LogP contribution in [0.2, 0.25) is 0 Å². The zero-order chi connectivity index (χ0) is 38.4. The van der Waals surface area contributed by atoms with Crippen LogP contribution in [-0.2, 0) is 0 Å². The predicted molar refractivity (Wildman–Crippen MR) is 242 cm³/mol. The van der Waals surface area contributed by atoms with Gasteiger partial charge in [0.15, 0.2) is 5.82 Å². The van der Waals surface area contributed by atoms with Crippen LogP contribution in [0.5, 0.6) is 0 Å². The number of rotatable bonds is 6. The fourth-order valence-electron chi connectivity index (χ4n) is 8.65. The summed E-state index contributed by atoms with van der Waals surface area (Å²) >= 11 is 0. The standard InChI is InChI=1S/C55H35N3/c1-2-14-37(15-3-1)51-34-52(38-29-27-36(28-30-38)42-19-13-31-56-35-42)58-55(57-51)41-18-12-17-40(32-41)53-46-23-8-10-25-48(46)54(49-26-11-9-24-47(49)53)50-33-39-16-4-5-20-43(39)44-21-6-7-22-45(44)50/h1-35H. The molecule has 58 heavy (non-hydrogen) atoms. The van der Waals surface area contributed by atoms with E-state index < -0.39 is 0 Å². The van der Waals surface area contributed by atoms with Gasteiger partial charge in [-0.3, -0.25) is 4.98 Å². The highest BCUT2D eigenvalue weighted by molar-refractivity contribution is 6.25. The normalized spacial score (nSPS) is 11.4. The summed E-state index contributed by atoms with van der Waals surface area (Å²) in [5.74, 6) is 0.683. The quantitative estimate of drug-likeness (QED) is 0.126. The largest absolute Gasteiger partial charge is 0.264 e. The third-order valence-corrected chi connectivity index (χ3v) is 11.3. The van der Waals surface area contributed by atoms with Gasteiger partial charge in [-0.2, -0.15) is 0 Å². The van der Waals surface area contributed by atoms with E-state index in [0.29, 0.717) is 5.82 Å². The Balaban J connectivity index is 1.10. The van der Waals surface area contributed by atoms with Crippen molar-refractivity contribution in [3.63, 3.8) is 0 Å². The highest BCUT2D eigenvalue weighted by Crippen LogP contribution is 2.47. The molecule has 0 radical (unpaired) electrons. The topological polar surface area (TPSA) is 38.7 Å². The lowest BCUT2D eigenvalue weighted by atomic mass is 9.83. The van der Waals surface area contributed by atoms with Gasteiger partial charge in [0.2, 0.25) is 0 Å². The van der Waals surface area contributed by atoms with Crippen LogP contribution < -0.4 is 0 Å². The van der Waals surface area contributed by atoms with Gasteiger partial charge in [-0.25, -0.2) is 9.97 Å². The van der Waals surface area contributed by atoms with Crippen LogP contribution in [0.15, 0.2) is 213 Å². The molecule has 2 heterocycles. The van der Waals surface area contributed by atoms with Crippen molar-refractivity contribution < 1.29 is 0 Å². The Morgan fingerprint density at radius 2 is 0.810 bits per heavy atom. The lowest BCUT2D eigenvalue weighted by Crippen LogP contribution is -1.96. The van der Waals surface area contributed by atoms with E-state index in [1.165, 1.54) is 59.8 Å². The molecule has 0 atom stereocenters. The van der Waals surface area contributed by atoms with Gasteiger partial charge >= 0.3 is 0 Å². The SMILES string of the molecule is c1ccc(-c2cc(-c3ccc(-c4cccnc4)cc3)nc(-c3cccc(-c4c5ccccc5c(-c5cc6ccccc6c6ccccc56)c5ccccc45)c3)n2)cc1. The van der Waals surface area contributed by atoms with E-state index in [2.05, 4.69) is 193 Å². The van der Waals surface area contributed by atoms with Crippen molar-refractivity contribution in [3.05, 3.63) is 213 Å². The summed E-state index contributed by atoms with van der Waals surface area (Å²) in [6.45, 7) is 0. The van der Waals surface area contributed by atoms with Gasteiger partial charge < -0.3 is 0 Å². The molecule has 0 saturated carbocycles. The average Bonchev–Trinajstić information content (AvgIpc) is 3.31. The second-order valence-corrected chi connectivity index (χ2v) is 14.8. The van der Waals surface area contributed by atoms with Crippen LogP contribution in [0.4, 0.5) is 0 Å². The monoisotopic (exact) mass is 737 g/mol. The van der Waals surface area contributed by atoms with Crippen LogP contribution in [0.1, 0.15) is 0 Å². The summed E-state index contributed by atoms with van der Waals surface area (Å²) in [5, 5.41) is 9.89. The Morgan fingerprint density at radius 3 is 1.48 bits per heavy atom. The predicted octanol–water partition coefficient (Wildman–Crippen LogP) is 14.5. The molecule has 0 aliphatic rings. The van der Waals surface area contributed by atoms with E-state index in [4.69, 9.17) is 9.97 Å². The minimum Gasteiger partial charge on any atom is -0.264 e. The number of aromatic nitrogens is 3. The summed E-state index contributed by atoms with van der Waals surface area (Å²) < 4.78 is 0. The zero-order valence-corrected chi connectivity index (χ0v) is 31.5. The van der Waals surface area contributed by atoms with Crippen molar-refractivity contribution in [2.24, 2.45) is 0 Å². The molecular formula is C55H35N3. The fourth-order valence-corrected chi connectivity index (χ4v) is 8.65. The van der Waals surface area contributed by atoms with Crippen molar-refractivity contribution >= 4 is 43.1 Å². The Kier molecular flexibility index (Phi) is 8.15. The van der Waals surface area contributed by atoms with E-state index in [1.807, 2.05) is 18.3 Å². The third-order valence-electron chi connectivity index (χ3n) is 11.3. The first-order valence-corrected chi connectivity index (χ1v) is 19.7. The Morgan fingerprint density at radius 1 is 0.293 bits per heavy atom. The van der Waals surface area contributed by atoms with Gasteiger partial charge in [-0.15, -0.1) is 0 Å². The lowest BCUT2D eigenvalue weighted by Gasteiger charge is -2.20. The van der Waals surface area contributed by atoms with E-state index in [9.17, 15) is 0 Å². The summed E-state index contributed by atoms with van der Waals surface area (Å²) in [5.41, 5.74) is 11.8. The first-order chi connectivity index (χ1) is 28.8. The second kappa shape index (κ2) is 14.1. The third kappa shape index (κ3) is 5.80. The van der Waals surface area contributed by atoms with Crippen molar-refractivity contribution in [1.82, 2.24) is 15.0 Å². The van der Waals surface area contributed by atoms with Crippen LogP contribution in [-0.4, -0.2) is 15.0 Å². The molecule has 0 bridgehead atoms.